The van der Waals surface area contributed by atoms with Crippen molar-refractivity contribution in [2.75, 3.05) is 25.0 Å². The van der Waals surface area contributed by atoms with Gasteiger partial charge in [0, 0.05) is 18.8 Å². The molecule has 1 heterocycles. The Labute approximate surface area is 111 Å². The highest BCUT2D eigenvalue weighted by atomic mass is 35.5. The summed E-state index contributed by atoms with van der Waals surface area (Å²) in [7, 11) is 0. The molecule has 0 bridgehead atoms. The van der Waals surface area contributed by atoms with Crippen LogP contribution in [0.25, 0.3) is 0 Å². The Balaban J connectivity index is 0.00000162. The topological polar surface area (TPSA) is 50.4 Å². The molecule has 1 aliphatic heterocycles. The molecule has 1 unspecified atom stereocenters. The molecular formula is C12H16ClFN2O2. The van der Waals surface area contributed by atoms with Gasteiger partial charge < -0.3 is 15.4 Å². The second-order valence-electron chi connectivity index (χ2n) is 3.96. The van der Waals surface area contributed by atoms with E-state index in [1.807, 2.05) is 0 Å². The Morgan fingerprint density at radius 3 is 3.06 bits per heavy atom. The molecule has 1 aromatic rings. The van der Waals surface area contributed by atoms with Gasteiger partial charge in [0.25, 0.3) is 0 Å². The molecule has 1 aliphatic rings. The number of morpholine rings is 1. The number of halogens is 2. The number of hydrogen-bond acceptors (Lipinski definition) is 3. The summed E-state index contributed by atoms with van der Waals surface area (Å²) < 4.78 is 18.3. The molecule has 18 heavy (non-hydrogen) atoms. The fourth-order valence-electron chi connectivity index (χ4n) is 1.74. The van der Waals surface area contributed by atoms with Crippen molar-refractivity contribution in [2.24, 2.45) is 0 Å². The van der Waals surface area contributed by atoms with Crippen LogP contribution in [0.4, 0.5) is 10.1 Å². The first kappa shape index (κ1) is 14.9. The quantitative estimate of drug-likeness (QED) is 0.880. The average molecular weight is 275 g/mol. The first-order valence-electron chi connectivity index (χ1n) is 5.62. The number of amides is 1. The van der Waals surface area contributed by atoms with Crippen LogP contribution in [0, 0.1) is 5.82 Å². The molecule has 1 amide bonds. The second kappa shape index (κ2) is 7.31. The lowest BCUT2D eigenvalue weighted by Crippen LogP contribution is -2.40. The van der Waals surface area contributed by atoms with Gasteiger partial charge in [-0.3, -0.25) is 4.79 Å². The zero-order chi connectivity index (χ0) is 12.1. The molecule has 2 N–H and O–H groups in total. The molecule has 1 fully saturated rings. The van der Waals surface area contributed by atoms with Crippen LogP contribution in [-0.4, -0.2) is 31.7 Å². The van der Waals surface area contributed by atoms with E-state index in [4.69, 9.17) is 4.74 Å². The Morgan fingerprint density at radius 2 is 2.39 bits per heavy atom. The van der Waals surface area contributed by atoms with Crippen LogP contribution in [0.1, 0.15) is 6.42 Å². The van der Waals surface area contributed by atoms with Gasteiger partial charge in [0.2, 0.25) is 5.91 Å². The highest BCUT2D eigenvalue weighted by Gasteiger charge is 2.17. The van der Waals surface area contributed by atoms with Gasteiger partial charge in [-0.2, -0.15) is 0 Å². The SMILES string of the molecule is Cl.O=C(CC1CNCCO1)Nc1cccc(F)c1. The molecule has 1 saturated heterocycles. The Morgan fingerprint density at radius 1 is 1.56 bits per heavy atom. The smallest absolute Gasteiger partial charge is 0.227 e. The molecular weight excluding hydrogens is 259 g/mol. The first-order valence-corrected chi connectivity index (χ1v) is 5.62. The van der Waals surface area contributed by atoms with Crippen LogP contribution in [0.15, 0.2) is 24.3 Å². The summed E-state index contributed by atoms with van der Waals surface area (Å²) >= 11 is 0. The average Bonchev–Trinajstić information content (AvgIpc) is 2.30. The summed E-state index contributed by atoms with van der Waals surface area (Å²) in [5.74, 6) is -0.525. The highest BCUT2D eigenvalue weighted by Crippen LogP contribution is 2.10. The van der Waals surface area contributed by atoms with Crippen molar-refractivity contribution in [1.29, 1.82) is 0 Å². The largest absolute Gasteiger partial charge is 0.375 e. The maximum Gasteiger partial charge on any atom is 0.227 e. The molecule has 2 rings (SSSR count). The lowest BCUT2D eigenvalue weighted by Gasteiger charge is -2.23. The molecule has 0 saturated carbocycles. The maximum atomic E-state index is 12.9. The lowest BCUT2D eigenvalue weighted by atomic mass is 10.2. The van der Waals surface area contributed by atoms with E-state index in [-0.39, 0.29) is 36.7 Å². The van der Waals surface area contributed by atoms with E-state index < -0.39 is 0 Å². The molecule has 0 radical (unpaired) electrons. The van der Waals surface area contributed by atoms with Gasteiger partial charge in [-0.15, -0.1) is 12.4 Å². The Hall–Kier alpha value is -1.17. The van der Waals surface area contributed by atoms with Crippen LogP contribution >= 0.6 is 12.4 Å². The zero-order valence-corrected chi connectivity index (χ0v) is 10.6. The molecule has 6 heteroatoms. The predicted octanol–water partition coefficient (Wildman–Crippen LogP) is 1.56. The van der Waals surface area contributed by atoms with Crippen LogP contribution in [0.2, 0.25) is 0 Å². The predicted molar refractivity (Wildman–Crippen MR) is 69.5 cm³/mol. The summed E-state index contributed by atoms with van der Waals surface area (Å²) in [4.78, 5) is 11.7. The molecule has 1 atom stereocenters. The minimum atomic E-state index is -0.363. The fraction of sp³-hybridized carbons (Fsp3) is 0.417. The van der Waals surface area contributed by atoms with Gasteiger partial charge in [-0.25, -0.2) is 4.39 Å². The number of anilines is 1. The molecule has 0 aromatic heterocycles. The lowest BCUT2D eigenvalue weighted by molar-refractivity contribution is -0.119. The molecule has 0 spiro atoms. The maximum absolute atomic E-state index is 12.9. The molecule has 100 valence electrons. The normalized spacial score (nSPS) is 18.8. The summed E-state index contributed by atoms with van der Waals surface area (Å²) in [6.45, 7) is 2.12. The van der Waals surface area contributed by atoms with Crippen LogP contribution in [0.5, 0.6) is 0 Å². The van der Waals surface area contributed by atoms with Crippen molar-refractivity contribution in [3.63, 3.8) is 0 Å². The first-order chi connectivity index (χ1) is 8.24. The standard InChI is InChI=1S/C12H15FN2O2.ClH/c13-9-2-1-3-10(6-9)15-12(16)7-11-8-14-4-5-17-11;/h1-3,6,11,14H,4-5,7-8H2,(H,15,16);1H. The van der Waals surface area contributed by atoms with Gasteiger partial charge in [-0.05, 0) is 18.2 Å². The van der Waals surface area contributed by atoms with E-state index in [0.29, 0.717) is 18.8 Å². The van der Waals surface area contributed by atoms with E-state index in [1.165, 1.54) is 12.1 Å². The summed E-state index contributed by atoms with van der Waals surface area (Å²) in [6, 6.07) is 5.84. The Kier molecular flexibility index (Phi) is 6.04. The van der Waals surface area contributed by atoms with Crippen molar-refractivity contribution < 1.29 is 13.9 Å². The number of rotatable bonds is 3. The number of carbonyl (C=O) groups is 1. The van der Waals surface area contributed by atoms with E-state index in [2.05, 4.69) is 10.6 Å². The third-order valence-corrected chi connectivity index (χ3v) is 2.53. The summed E-state index contributed by atoms with van der Waals surface area (Å²) in [5, 5.41) is 5.79. The Bertz CT molecular complexity index is 397. The van der Waals surface area contributed by atoms with Gasteiger partial charge >= 0.3 is 0 Å². The van der Waals surface area contributed by atoms with Crippen molar-refractivity contribution in [3.8, 4) is 0 Å². The van der Waals surface area contributed by atoms with E-state index >= 15 is 0 Å². The van der Waals surface area contributed by atoms with Gasteiger partial charge in [0.05, 0.1) is 19.1 Å². The fourth-order valence-corrected chi connectivity index (χ4v) is 1.74. The number of ether oxygens (including phenoxy) is 1. The summed E-state index contributed by atoms with van der Waals surface area (Å²) in [5.41, 5.74) is 0.471. The zero-order valence-electron chi connectivity index (χ0n) is 9.82. The third-order valence-electron chi connectivity index (χ3n) is 2.53. The minimum absolute atomic E-state index is 0. The van der Waals surface area contributed by atoms with Gasteiger partial charge in [-0.1, -0.05) is 6.07 Å². The third kappa shape index (κ3) is 4.60. The molecule has 4 nitrogen and oxygen atoms in total. The number of carbonyl (C=O) groups excluding carboxylic acids is 1. The minimum Gasteiger partial charge on any atom is -0.375 e. The number of nitrogens with one attached hydrogen (secondary N) is 2. The molecule has 0 aliphatic carbocycles. The van der Waals surface area contributed by atoms with Crippen molar-refractivity contribution in [2.45, 2.75) is 12.5 Å². The van der Waals surface area contributed by atoms with Crippen molar-refractivity contribution in [1.82, 2.24) is 5.32 Å². The van der Waals surface area contributed by atoms with E-state index in [9.17, 15) is 9.18 Å². The van der Waals surface area contributed by atoms with Crippen molar-refractivity contribution >= 4 is 24.0 Å². The van der Waals surface area contributed by atoms with Crippen LogP contribution < -0.4 is 10.6 Å². The van der Waals surface area contributed by atoms with Gasteiger partial charge in [0.1, 0.15) is 5.82 Å². The van der Waals surface area contributed by atoms with E-state index in [1.54, 1.807) is 12.1 Å². The van der Waals surface area contributed by atoms with Gasteiger partial charge in [0.15, 0.2) is 0 Å². The number of benzene rings is 1. The van der Waals surface area contributed by atoms with Crippen molar-refractivity contribution in [3.05, 3.63) is 30.1 Å². The highest BCUT2D eigenvalue weighted by molar-refractivity contribution is 5.91. The number of hydrogen-bond donors (Lipinski definition) is 2. The second-order valence-corrected chi connectivity index (χ2v) is 3.96. The van der Waals surface area contributed by atoms with Crippen LogP contribution in [0.3, 0.4) is 0 Å². The van der Waals surface area contributed by atoms with E-state index in [0.717, 1.165) is 6.54 Å². The monoisotopic (exact) mass is 274 g/mol. The molecule has 1 aromatic carbocycles. The van der Waals surface area contributed by atoms with Crippen LogP contribution in [-0.2, 0) is 9.53 Å². The summed E-state index contributed by atoms with van der Waals surface area (Å²) in [6.07, 6.45) is 0.182.